The molecule has 0 radical (unpaired) electrons. The second kappa shape index (κ2) is 8.37. The van der Waals surface area contributed by atoms with Crippen molar-refractivity contribution < 1.29 is 17.9 Å². The number of nitrogens with zero attached hydrogens (tertiary/aromatic N) is 5. The molecule has 0 saturated carbocycles. The number of carbonyl (C=O) groups excluding carboxylic acids is 1. The second-order valence-corrected chi connectivity index (χ2v) is 11.9. The van der Waals surface area contributed by atoms with Crippen molar-refractivity contribution in [1.82, 2.24) is 18.3 Å². The second-order valence-electron chi connectivity index (χ2n) is 10.1. The van der Waals surface area contributed by atoms with Gasteiger partial charge in [0, 0.05) is 19.3 Å². The summed E-state index contributed by atoms with van der Waals surface area (Å²) in [5.74, 6) is 0.688. The molecule has 0 spiro atoms. The van der Waals surface area contributed by atoms with Crippen LogP contribution < -0.4 is 4.90 Å². The molecule has 1 fully saturated rings. The van der Waals surface area contributed by atoms with Gasteiger partial charge in [0.05, 0.1) is 34.7 Å². The summed E-state index contributed by atoms with van der Waals surface area (Å²) < 4.78 is 35.3. The van der Waals surface area contributed by atoms with E-state index in [1.807, 2.05) is 32.1 Å². The van der Waals surface area contributed by atoms with Gasteiger partial charge in [-0.3, -0.25) is 9.20 Å². The van der Waals surface area contributed by atoms with E-state index < -0.39 is 15.6 Å². The van der Waals surface area contributed by atoms with Crippen LogP contribution in [0.2, 0.25) is 0 Å². The van der Waals surface area contributed by atoms with Crippen LogP contribution in [0.3, 0.4) is 0 Å². The Kier molecular flexibility index (Phi) is 5.58. The topological polar surface area (TPSA) is 98.8 Å². The molecule has 35 heavy (non-hydrogen) atoms. The van der Waals surface area contributed by atoms with Crippen LogP contribution in [0.15, 0.2) is 53.8 Å². The van der Waals surface area contributed by atoms with Crippen molar-refractivity contribution in [1.29, 1.82) is 0 Å². The lowest BCUT2D eigenvalue weighted by molar-refractivity contribution is -0.155. The lowest BCUT2D eigenvalue weighted by Crippen LogP contribution is -2.26. The fourth-order valence-electron chi connectivity index (χ4n) is 4.55. The average molecular weight is 496 g/mol. The van der Waals surface area contributed by atoms with Gasteiger partial charge in [0.15, 0.2) is 5.65 Å². The van der Waals surface area contributed by atoms with Crippen LogP contribution in [0.1, 0.15) is 39.2 Å². The van der Waals surface area contributed by atoms with E-state index in [1.54, 1.807) is 42.7 Å². The summed E-state index contributed by atoms with van der Waals surface area (Å²) in [6, 6.07) is 8.51. The van der Waals surface area contributed by atoms with E-state index in [-0.39, 0.29) is 16.8 Å². The number of rotatable bonds is 5. The quantitative estimate of drug-likeness (QED) is 0.389. The van der Waals surface area contributed by atoms with Crippen LogP contribution in [0.25, 0.3) is 16.7 Å². The van der Waals surface area contributed by atoms with Crippen LogP contribution >= 0.6 is 0 Å². The molecule has 1 atom stereocenters. The standard InChI is InChI=1S/C25H29N5O4S/c1-17-5-7-20(8-6-17)35(32,33)29-12-10-21-23(29)26-14-19-15-27-24(30(19)21)28-11-9-18(16-28)13-22(31)34-25(2,3)4/h5-8,10,12,14-15,18H,9,11,13,16H2,1-4H3. The zero-order valence-electron chi connectivity index (χ0n) is 20.3. The summed E-state index contributed by atoms with van der Waals surface area (Å²) >= 11 is 0. The van der Waals surface area contributed by atoms with Gasteiger partial charge in [-0.05, 0) is 58.2 Å². The normalized spacial score (nSPS) is 16.9. The Morgan fingerprint density at radius 2 is 1.83 bits per heavy atom. The molecule has 1 saturated heterocycles. The highest BCUT2D eigenvalue weighted by Crippen LogP contribution is 2.30. The number of carbonyl (C=O) groups is 1. The molecule has 1 aromatic carbocycles. The number of ether oxygens (including phenoxy) is 1. The van der Waals surface area contributed by atoms with Crippen molar-refractivity contribution in [2.75, 3.05) is 18.0 Å². The molecule has 5 rings (SSSR count). The predicted molar refractivity (Wildman–Crippen MR) is 133 cm³/mol. The molecular formula is C25H29N5O4S. The van der Waals surface area contributed by atoms with Crippen molar-refractivity contribution in [2.24, 2.45) is 5.92 Å². The molecule has 0 N–H and O–H groups in total. The van der Waals surface area contributed by atoms with Gasteiger partial charge < -0.3 is 9.64 Å². The van der Waals surface area contributed by atoms with Crippen LogP contribution in [0.5, 0.6) is 0 Å². The van der Waals surface area contributed by atoms with Crippen molar-refractivity contribution in [3.05, 3.63) is 54.5 Å². The summed E-state index contributed by atoms with van der Waals surface area (Å²) in [5, 5.41) is 0. The van der Waals surface area contributed by atoms with E-state index >= 15 is 0 Å². The predicted octanol–water partition coefficient (Wildman–Crippen LogP) is 3.79. The number of esters is 1. The molecule has 9 nitrogen and oxygen atoms in total. The number of benzene rings is 1. The van der Waals surface area contributed by atoms with Gasteiger partial charge in [-0.1, -0.05) is 17.7 Å². The van der Waals surface area contributed by atoms with Gasteiger partial charge in [0.1, 0.15) is 5.60 Å². The minimum Gasteiger partial charge on any atom is -0.460 e. The Morgan fingerprint density at radius 1 is 1.11 bits per heavy atom. The summed E-state index contributed by atoms with van der Waals surface area (Å²) in [6.45, 7) is 8.94. The molecule has 1 aliphatic rings. The van der Waals surface area contributed by atoms with Crippen molar-refractivity contribution in [3.8, 4) is 0 Å². The first kappa shape index (κ1) is 23.3. The van der Waals surface area contributed by atoms with E-state index in [1.165, 1.54) is 10.2 Å². The van der Waals surface area contributed by atoms with Crippen molar-refractivity contribution >= 4 is 38.6 Å². The van der Waals surface area contributed by atoms with E-state index in [4.69, 9.17) is 4.74 Å². The third-order valence-electron chi connectivity index (χ3n) is 6.16. The van der Waals surface area contributed by atoms with Crippen LogP contribution in [0.4, 0.5) is 5.95 Å². The minimum absolute atomic E-state index is 0.168. The van der Waals surface area contributed by atoms with Crippen LogP contribution in [-0.4, -0.2) is 51.4 Å². The maximum absolute atomic E-state index is 13.3. The molecule has 1 unspecified atom stereocenters. The number of aromatic nitrogens is 4. The molecule has 4 heterocycles. The number of anilines is 1. The lowest BCUT2D eigenvalue weighted by Gasteiger charge is -2.21. The van der Waals surface area contributed by atoms with E-state index in [2.05, 4.69) is 14.9 Å². The highest BCUT2D eigenvalue weighted by Gasteiger charge is 2.30. The smallest absolute Gasteiger partial charge is 0.306 e. The van der Waals surface area contributed by atoms with Crippen molar-refractivity contribution in [3.63, 3.8) is 0 Å². The molecule has 0 bridgehead atoms. The lowest BCUT2D eigenvalue weighted by atomic mass is 10.1. The highest BCUT2D eigenvalue weighted by molar-refractivity contribution is 7.90. The van der Waals surface area contributed by atoms with E-state index in [0.717, 1.165) is 24.0 Å². The first-order valence-electron chi connectivity index (χ1n) is 11.7. The summed E-state index contributed by atoms with van der Waals surface area (Å²) in [7, 11) is -3.80. The zero-order chi connectivity index (χ0) is 25.0. The van der Waals surface area contributed by atoms with Gasteiger partial charge in [0.25, 0.3) is 10.0 Å². The van der Waals surface area contributed by atoms with Crippen LogP contribution in [-0.2, 0) is 19.6 Å². The third-order valence-corrected chi connectivity index (χ3v) is 7.84. The molecule has 0 amide bonds. The number of hydrogen-bond donors (Lipinski definition) is 0. The number of fused-ring (bicyclic) bond motifs is 3. The van der Waals surface area contributed by atoms with Gasteiger partial charge in [-0.25, -0.2) is 22.4 Å². The molecule has 10 heteroatoms. The number of hydrogen-bond acceptors (Lipinski definition) is 7. The molecule has 0 aliphatic carbocycles. The van der Waals surface area contributed by atoms with Gasteiger partial charge in [-0.2, -0.15) is 0 Å². The SMILES string of the molecule is Cc1ccc(S(=O)(=O)n2ccc3c2ncc2cnc(N4CCC(CC(=O)OC(C)(C)C)C4)n23)cc1. The van der Waals surface area contributed by atoms with Gasteiger partial charge >= 0.3 is 5.97 Å². The Morgan fingerprint density at radius 3 is 2.54 bits per heavy atom. The van der Waals surface area contributed by atoms with E-state index in [0.29, 0.717) is 30.1 Å². The van der Waals surface area contributed by atoms with Crippen LogP contribution in [0, 0.1) is 12.8 Å². The monoisotopic (exact) mass is 495 g/mol. The Labute approximate surface area is 204 Å². The number of aryl methyl sites for hydroxylation is 1. The Balaban J connectivity index is 1.46. The minimum atomic E-state index is -3.80. The van der Waals surface area contributed by atoms with E-state index in [9.17, 15) is 13.2 Å². The fraction of sp³-hybridized carbons (Fsp3) is 0.400. The van der Waals surface area contributed by atoms with Crippen molar-refractivity contribution in [2.45, 2.75) is 51.0 Å². The molecule has 1 aliphatic heterocycles. The fourth-order valence-corrected chi connectivity index (χ4v) is 5.85. The molecule has 3 aromatic heterocycles. The Hall–Kier alpha value is -3.40. The number of imidazole rings is 1. The zero-order valence-corrected chi connectivity index (χ0v) is 21.1. The maximum atomic E-state index is 13.3. The molecular weight excluding hydrogens is 466 g/mol. The first-order chi connectivity index (χ1) is 16.5. The largest absolute Gasteiger partial charge is 0.460 e. The summed E-state index contributed by atoms with van der Waals surface area (Å²) in [5.41, 5.74) is 2.25. The maximum Gasteiger partial charge on any atom is 0.306 e. The average Bonchev–Trinajstić information content (AvgIpc) is 3.49. The van der Waals surface area contributed by atoms with Gasteiger partial charge in [-0.15, -0.1) is 0 Å². The third kappa shape index (κ3) is 4.38. The summed E-state index contributed by atoms with van der Waals surface area (Å²) in [6.07, 6.45) is 6.11. The molecule has 4 aromatic rings. The first-order valence-corrected chi connectivity index (χ1v) is 13.1. The summed E-state index contributed by atoms with van der Waals surface area (Å²) in [4.78, 5) is 23.7. The highest BCUT2D eigenvalue weighted by atomic mass is 32.2. The van der Waals surface area contributed by atoms with Gasteiger partial charge in [0.2, 0.25) is 5.95 Å². The Bertz CT molecular complexity index is 1510. The molecule has 184 valence electrons.